The number of aromatic nitrogens is 1. The van der Waals surface area contributed by atoms with E-state index >= 15 is 0 Å². The minimum Gasteiger partial charge on any atom is -0.344 e. The van der Waals surface area contributed by atoms with E-state index in [9.17, 15) is 0 Å². The van der Waals surface area contributed by atoms with E-state index in [2.05, 4.69) is 32.6 Å². The molecular weight excluding hydrogens is 244 g/mol. The molecule has 0 atom stereocenters. The number of rotatable bonds is 2. The third-order valence-corrected chi connectivity index (χ3v) is 3.05. The topological polar surface area (TPSA) is 40.5 Å². The van der Waals surface area contributed by atoms with Gasteiger partial charge in [-0.05, 0) is 37.7 Å². The molecule has 5 heteroatoms. The third-order valence-electron chi connectivity index (χ3n) is 2.70. The Balaban J connectivity index is 1.94. The molecule has 1 aliphatic rings. The molecule has 0 saturated heterocycles. The van der Waals surface area contributed by atoms with Crippen molar-refractivity contribution in [1.29, 1.82) is 0 Å². The van der Waals surface area contributed by atoms with Crippen LogP contribution in [0.15, 0.2) is 41.6 Å². The lowest BCUT2D eigenvalue weighted by molar-refractivity contribution is 0.447. The van der Waals surface area contributed by atoms with Gasteiger partial charge in [-0.25, -0.2) is 0 Å². The SMILES string of the molecule is C/C(=N\NC(=S)N1CC=CCC1)c1ccccn1. The van der Waals surface area contributed by atoms with Crippen molar-refractivity contribution < 1.29 is 0 Å². The molecule has 1 aromatic heterocycles. The molecular formula is C13H16N4S. The average Bonchev–Trinajstić information content (AvgIpc) is 2.46. The van der Waals surface area contributed by atoms with Crippen LogP contribution < -0.4 is 5.43 Å². The first-order valence-corrected chi connectivity index (χ1v) is 6.34. The van der Waals surface area contributed by atoms with Gasteiger partial charge in [-0.1, -0.05) is 18.2 Å². The summed E-state index contributed by atoms with van der Waals surface area (Å²) in [4.78, 5) is 6.32. The van der Waals surface area contributed by atoms with Crippen LogP contribution in [0.25, 0.3) is 0 Å². The van der Waals surface area contributed by atoms with Crippen LogP contribution in [0, 0.1) is 0 Å². The highest BCUT2D eigenvalue weighted by molar-refractivity contribution is 7.80. The van der Waals surface area contributed by atoms with E-state index in [1.54, 1.807) is 6.20 Å². The number of hydrogen-bond donors (Lipinski definition) is 1. The second kappa shape index (κ2) is 6.26. The average molecular weight is 260 g/mol. The van der Waals surface area contributed by atoms with Crippen molar-refractivity contribution in [2.24, 2.45) is 5.10 Å². The monoisotopic (exact) mass is 260 g/mol. The molecule has 0 radical (unpaired) electrons. The third kappa shape index (κ3) is 3.37. The standard InChI is InChI=1S/C13H16N4S/c1-11(12-7-3-4-8-14-12)15-16-13(18)17-9-5-2-6-10-17/h2-5,7-8H,6,9-10H2,1H3,(H,16,18)/b15-11+. The predicted molar refractivity (Wildman–Crippen MR) is 77.5 cm³/mol. The second-order valence-electron chi connectivity index (χ2n) is 4.04. The highest BCUT2D eigenvalue weighted by atomic mass is 32.1. The van der Waals surface area contributed by atoms with Crippen molar-refractivity contribution in [1.82, 2.24) is 15.3 Å². The highest BCUT2D eigenvalue weighted by Gasteiger charge is 2.09. The Morgan fingerprint density at radius 1 is 1.44 bits per heavy atom. The number of thiocarbonyl (C=S) groups is 1. The molecule has 0 aromatic carbocycles. The Morgan fingerprint density at radius 3 is 3.00 bits per heavy atom. The molecule has 0 saturated carbocycles. The van der Waals surface area contributed by atoms with Crippen LogP contribution in [-0.4, -0.2) is 33.8 Å². The van der Waals surface area contributed by atoms with Gasteiger partial charge in [0.1, 0.15) is 0 Å². The predicted octanol–water partition coefficient (Wildman–Crippen LogP) is 1.94. The Kier molecular flexibility index (Phi) is 4.41. The fourth-order valence-corrected chi connectivity index (χ4v) is 1.87. The summed E-state index contributed by atoms with van der Waals surface area (Å²) >= 11 is 5.30. The maximum Gasteiger partial charge on any atom is 0.189 e. The van der Waals surface area contributed by atoms with Crippen molar-refractivity contribution in [2.75, 3.05) is 13.1 Å². The molecule has 0 amide bonds. The minimum absolute atomic E-state index is 0.662. The molecule has 1 aromatic rings. The van der Waals surface area contributed by atoms with Crippen molar-refractivity contribution in [3.8, 4) is 0 Å². The van der Waals surface area contributed by atoms with Crippen LogP contribution in [0.5, 0.6) is 0 Å². The number of hydrazone groups is 1. The molecule has 0 bridgehead atoms. The van der Waals surface area contributed by atoms with E-state index in [-0.39, 0.29) is 0 Å². The van der Waals surface area contributed by atoms with Crippen LogP contribution in [0.2, 0.25) is 0 Å². The van der Waals surface area contributed by atoms with Crippen LogP contribution >= 0.6 is 12.2 Å². The second-order valence-corrected chi connectivity index (χ2v) is 4.42. The van der Waals surface area contributed by atoms with Gasteiger partial charge in [0.25, 0.3) is 0 Å². The van der Waals surface area contributed by atoms with Crippen LogP contribution in [-0.2, 0) is 0 Å². The zero-order valence-electron chi connectivity index (χ0n) is 10.3. The number of hydrogen-bond acceptors (Lipinski definition) is 3. The van der Waals surface area contributed by atoms with Crippen LogP contribution in [0.3, 0.4) is 0 Å². The number of nitrogens with zero attached hydrogens (tertiary/aromatic N) is 3. The molecule has 1 aliphatic heterocycles. The summed E-state index contributed by atoms with van der Waals surface area (Å²) in [7, 11) is 0. The Bertz CT molecular complexity index is 467. The normalized spacial score (nSPS) is 15.6. The minimum atomic E-state index is 0.662. The molecule has 0 spiro atoms. The van der Waals surface area contributed by atoms with Gasteiger partial charge >= 0.3 is 0 Å². The summed E-state index contributed by atoms with van der Waals surface area (Å²) in [5.74, 6) is 0. The molecule has 18 heavy (non-hydrogen) atoms. The van der Waals surface area contributed by atoms with Gasteiger partial charge in [0.15, 0.2) is 5.11 Å². The van der Waals surface area contributed by atoms with Gasteiger partial charge in [0.05, 0.1) is 11.4 Å². The maximum absolute atomic E-state index is 5.30. The molecule has 2 heterocycles. The summed E-state index contributed by atoms with van der Waals surface area (Å²) in [6.45, 7) is 3.71. The fraction of sp³-hybridized carbons (Fsp3) is 0.308. The van der Waals surface area contributed by atoms with E-state index in [0.717, 1.165) is 30.9 Å². The molecule has 1 N–H and O–H groups in total. The lowest BCUT2D eigenvalue weighted by Crippen LogP contribution is -2.39. The Hall–Kier alpha value is -1.75. The van der Waals surface area contributed by atoms with E-state index in [1.165, 1.54) is 0 Å². The van der Waals surface area contributed by atoms with Crippen molar-refractivity contribution in [2.45, 2.75) is 13.3 Å². The molecule has 0 unspecified atom stereocenters. The maximum atomic E-state index is 5.30. The molecule has 4 nitrogen and oxygen atoms in total. The summed E-state index contributed by atoms with van der Waals surface area (Å²) in [5, 5.41) is 4.93. The van der Waals surface area contributed by atoms with Gasteiger partial charge < -0.3 is 4.90 Å². The Morgan fingerprint density at radius 2 is 2.33 bits per heavy atom. The molecule has 0 aliphatic carbocycles. The Labute approximate surface area is 112 Å². The lowest BCUT2D eigenvalue weighted by atomic mass is 10.3. The van der Waals surface area contributed by atoms with Crippen molar-refractivity contribution >= 4 is 23.0 Å². The molecule has 0 fully saturated rings. The highest BCUT2D eigenvalue weighted by Crippen LogP contribution is 2.02. The first kappa shape index (κ1) is 12.7. The summed E-state index contributed by atoms with van der Waals surface area (Å²) in [6.07, 6.45) is 7.07. The first-order valence-electron chi connectivity index (χ1n) is 5.93. The van der Waals surface area contributed by atoms with Gasteiger partial charge in [-0.2, -0.15) is 5.10 Å². The quantitative estimate of drug-likeness (QED) is 0.382. The van der Waals surface area contributed by atoms with Crippen LogP contribution in [0.1, 0.15) is 19.0 Å². The lowest BCUT2D eigenvalue weighted by Gasteiger charge is -2.25. The molecule has 2 rings (SSSR count). The van der Waals surface area contributed by atoms with Gasteiger partial charge in [0, 0.05) is 19.3 Å². The van der Waals surface area contributed by atoms with Crippen molar-refractivity contribution in [3.63, 3.8) is 0 Å². The largest absolute Gasteiger partial charge is 0.344 e. The van der Waals surface area contributed by atoms with E-state index in [0.29, 0.717) is 5.11 Å². The van der Waals surface area contributed by atoms with E-state index < -0.39 is 0 Å². The van der Waals surface area contributed by atoms with E-state index in [4.69, 9.17) is 12.2 Å². The molecule has 94 valence electrons. The summed E-state index contributed by atoms with van der Waals surface area (Å²) in [5.41, 5.74) is 4.60. The van der Waals surface area contributed by atoms with Crippen molar-refractivity contribution in [3.05, 3.63) is 42.2 Å². The zero-order chi connectivity index (χ0) is 12.8. The number of pyridine rings is 1. The number of nitrogens with one attached hydrogen (secondary N) is 1. The first-order chi connectivity index (χ1) is 8.77. The van der Waals surface area contributed by atoms with Crippen LogP contribution in [0.4, 0.5) is 0 Å². The zero-order valence-corrected chi connectivity index (χ0v) is 11.2. The smallest absolute Gasteiger partial charge is 0.189 e. The summed E-state index contributed by atoms with van der Waals surface area (Å²) in [6, 6.07) is 5.75. The van der Waals surface area contributed by atoms with Gasteiger partial charge in [-0.3, -0.25) is 10.4 Å². The fourth-order valence-electron chi connectivity index (χ4n) is 1.66. The summed E-state index contributed by atoms with van der Waals surface area (Å²) < 4.78 is 0. The van der Waals surface area contributed by atoms with Gasteiger partial charge in [0.2, 0.25) is 0 Å². The van der Waals surface area contributed by atoms with E-state index in [1.807, 2.05) is 25.1 Å². The van der Waals surface area contributed by atoms with Gasteiger partial charge in [-0.15, -0.1) is 0 Å².